The SMILES string of the molecule is Cc1ccc(SNC(=O)C2C(=O)NC(=O)NC2=O)cc1. The molecule has 8 heteroatoms. The minimum atomic E-state index is -1.56. The Balaban J connectivity index is 1.97. The maximum absolute atomic E-state index is 11.8. The number of carbonyl (C=O) groups is 4. The third-order valence-electron chi connectivity index (χ3n) is 2.55. The number of carbonyl (C=O) groups excluding carboxylic acids is 4. The smallest absolute Gasteiger partial charge is 0.295 e. The molecule has 1 aromatic carbocycles. The summed E-state index contributed by atoms with van der Waals surface area (Å²) in [7, 11) is 0. The molecule has 0 aliphatic carbocycles. The molecule has 1 fully saturated rings. The van der Waals surface area contributed by atoms with Gasteiger partial charge in [0.25, 0.3) is 5.91 Å². The molecule has 0 unspecified atom stereocenters. The van der Waals surface area contributed by atoms with Crippen LogP contribution in [-0.4, -0.2) is 23.8 Å². The van der Waals surface area contributed by atoms with E-state index in [1.54, 1.807) is 12.1 Å². The molecule has 0 atom stereocenters. The van der Waals surface area contributed by atoms with Crippen LogP contribution in [0, 0.1) is 12.8 Å². The molecule has 5 amide bonds. The van der Waals surface area contributed by atoms with Crippen molar-refractivity contribution in [3.8, 4) is 0 Å². The van der Waals surface area contributed by atoms with Crippen LogP contribution in [0.25, 0.3) is 0 Å². The molecule has 1 aliphatic heterocycles. The van der Waals surface area contributed by atoms with Crippen molar-refractivity contribution in [2.45, 2.75) is 11.8 Å². The first-order valence-corrected chi connectivity index (χ1v) is 6.48. The zero-order valence-electron chi connectivity index (χ0n) is 10.4. The van der Waals surface area contributed by atoms with E-state index in [9.17, 15) is 19.2 Å². The molecule has 0 radical (unpaired) electrons. The minimum absolute atomic E-state index is 0.761. The lowest BCUT2D eigenvalue weighted by molar-refractivity contribution is -0.142. The summed E-state index contributed by atoms with van der Waals surface area (Å²) in [4.78, 5) is 46.3. The van der Waals surface area contributed by atoms with Gasteiger partial charge in [-0.25, -0.2) is 4.79 Å². The van der Waals surface area contributed by atoms with Crippen LogP contribution in [0.1, 0.15) is 5.56 Å². The number of hydrogen-bond donors (Lipinski definition) is 3. The maximum Gasteiger partial charge on any atom is 0.328 e. The van der Waals surface area contributed by atoms with Gasteiger partial charge in [0.15, 0.2) is 5.92 Å². The van der Waals surface area contributed by atoms with Crippen molar-refractivity contribution in [1.82, 2.24) is 15.4 Å². The number of amides is 5. The molecule has 0 spiro atoms. The summed E-state index contributed by atoms with van der Waals surface area (Å²) < 4.78 is 2.41. The van der Waals surface area contributed by atoms with E-state index in [0.717, 1.165) is 22.4 Å². The van der Waals surface area contributed by atoms with Crippen LogP contribution in [0.2, 0.25) is 0 Å². The summed E-state index contributed by atoms with van der Waals surface area (Å²) in [6.45, 7) is 1.93. The molecule has 104 valence electrons. The number of imide groups is 2. The van der Waals surface area contributed by atoms with Gasteiger partial charge < -0.3 is 0 Å². The second kappa shape index (κ2) is 5.74. The first-order valence-electron chi connectivity index (χ1n) is 5.66. The van der Waals surface area contributed by atoms with Crippen LogP contribution in [0.15, 0.2) is 29.2 Å². The molecule has 1 heterocycles. The van der Waals surface area contributed by atoms with E-state index in [0.29, 0.717) is 0 Å². The molecule has 0 aromatic heterocycles. The first-order chi connectivity index (χ1) is 9.47. The Morgan fingerprint density at radius 2 is 1.65 bits per heavy atom. The Labute approximate surface area is 118 Å². The van der Waals surface area contributed by atoms with Crippen molar-refractivity contribution in [3.05, 3.63) is 29.8 Å². The third-order valence-corrected chi connectivity index (χ3v) is 3.36. The van der Waals surface area contributed by atoms with E-state index in [1.165, 1.54) is 0 Å². The summed E-state index contributed by atoms with van der Waals surface area (Å²) >= 11 is 0.991. The topological polar surface area (TPSA) is 104 Å². The lowest BCUT2D eigenvalue weighted by Crippen LogP contribution is -2.59. The van der Waals surface area contributed by atoms with Gasteiger partial charge in [-0.1, -0.05) is 17.7 Å². The standard InChI is InChI=1S/C12H11N3O4S/c1-6-2-4-7(5-3-6)20-15-11(18)8-9(16)13-12(19)14-10(8)17/h2-5,8H,1H3,(H,15,18)(H2,13,14,16,17,19). The van der Waals surface area contributed by atoms with Crippen LogP contribution in [0.5, 0.6) is 0 Å². The summed E-state index contributed by atoms with van der Waals surface area (Å²) in [6.07, 6.45) is 0. The molecular formula is C12H11N3O4S. The highest BCUT2D eigenvalue weighted by atomic mass is 32.2. The van der Waals surface area contributed by atoms with Gasteiger partial charge in [-0.3, -0.25) is 29.7 Å². The van der Waals surface area contributed by atoms with E-state index in [2.05, 4.69) is 4.72 Å². The van der Waals surface area contributed by atoms with Gasteiger partial charge in [-0.2, -0.15) is 0 Å². The average Bonchev–Trinajstić information content (AvgIpc) is 2.37. The molecular weight excluding hydrogens is 282 g/mol. The van der Waals surface area contributed by atoms with Crippen LogP contribution in [0.4, 0.5) is 4.79 Å². The molecule has 1 saturated heterocycles. The Morgan fingerprint density at radius 1 is 1.10 bits per heavy atom. The van der Waals surface area contributed by atoms with Crippen LogP contribution in [0.3, 0.4) is 0 Å². The second-order valence-corrected chi connectivity index (χ2v) is 5.00. The van der Waals surface area contributed by atoms with Gasteiger partial charge in [0.05, 0.1) is 0 Å². The first kappa shape index (κ1) is 14.1. The highest BCUT2D eigenvalue weighted by Gasteiger charge is 2.39. The van der Waals surface area contributed by atoms with Gasteiger partial charge in [-0.05, 0) is 31.0 Å². The number of barbiturate groups is 1. The van der Waals surface area contributed by atoms with Gasteiger partial charge in [0.1, 0.15) is 0 Å². The van der Waals surface area contributed by atoms with E-state index in [4.69, 9.17) is 0 Å². The monoisotopic (exact) mass is 293 g/mol. The van der Waals surface area contributed by atoms with Gasteiger partial charge >= 0.3 is 6.03 Å². The van der Waals surface area contributed by atoms with Gasteiger partial charge in [0.2, 0.25) is 11.8 Å². The normalized spacial score (nSPS) is 15.6. The highest BCUT2D eigenvalue weighted by molar-refractivity contribution is 7.98. The Morgan fingerprint density at radius 3 is 2.20 bits per heavy atom. The Kier molecular flexibility index (Phi) is 4.04. The van der Waals surface area contributed by atoms with Crippen molar-refractivity contribution in [1.29, 1.82) is 0 Å². The highest BCUT2D eigenvalue weighted by Crippen LogP contribution is 2.16. The van der Waals surface area contributed by atoms with Crippen molar-refractivity contribution < 1.29 is 19.2 Å². The molecule has 0 bridgehead atoms. The second-order valence-electron chi connectivity index (χ2n) is 4.12. The van der Waals surface area contributed by atoms with E-state index < -0.39 is 29.7 Å². The van der Waals surface area contributed by atoms with Crippen molar-refractivity contribution in [2.75, 3.05) is 0 Å². The van der Waals surface area contributed by atoms with E-state index in [-0.39, 0.29) is 0 Å². The summed E-state index contributed by atoms with van der Waals surface area (Å²) in [5.74, 6) is -4.20. The average molecular weight is 293 g/mol. The number of aryl methyl sites for hydroxylation is 1. The molecule has 3 N–H and O–H groups in total. The number of rotatable bonds is 3. The third kappa shape index (κ3) is 3.15. The van der Waals surface area contributed by atoms with E-state index >= 15 is 0 Å². The van der Waals surface area contributed by atoms with Gasteiger partial charge in [0, 0.05) is 4.90 Å². The summed E-state index contributed by atoms with van der Waals surface area (Å²) in [6, 6.07) is 6.41. The maximum atomic E-state index is 11.8. The summed E-state index contributed by atoms with van der Waals surface area (Å²) in [5, 5.41) is 3.73. The zero-order valence-corrected chi connectivity index (χ0v) is 11.2. The lowest BCUT2D eigenvalue weighted by Gasteiger charge is -2.19. The van der Waals surface area contributed by atoms with Crippen LogP contribution >= 0.6 is 11.9 Å². The van der Waals surface area contributed by atoms with Crippen molar-refractivity contribution >= 4 is 35.7 Å². The largest absolute Gasteiger partial charge is 0.328 e. The predicted octanol–water partition coefficient (Wildman–Crippen LogP) is 0.101. The fraction of sp³-hybridized carbons (Fsp3) is 0.167. The fourth-order valence-corrected chi connectivity index (χ4v) is 2.14. The number of urea groups is 1. The number of hydrogen-bond acceptors (Lipinski definition) is 5. The van der Waals surface area contributed by atoms with Crippen molar-refractivity contribution in [3.63, 3.8) is 0 Å². The zero-order chi connectivity index (χ0) is 14.7. The molecule has 1 aliphatic rings. The molecule has 20 heavy (non-hydrogen) atoms. The molecule has 2 rings (SSSR count). The van der Waals surface area contributed by atoms with Crippen LogP contribution in [-0.2, 0) is 14.4 Å². The Bertz CT molecular complexity index is 565. The lowest BCUT2D eigenvalue weighted by atomic mass is 10.1. The fourth-order valence-electron chi connectivity index (χ4n) is 1.53. The summed E-state index contributed by atoms with van der Waals surface area (Å²) in [5.41, 5.74) is 1.07. The van der Waals surface area contributed by atoms with E-state index in [1.807, 2.05) is 29.7 Å². The minimum Gasteiger partial charge on any atom is -0.295 e. The Hall–Kier alpha value is -2.35. The predicted molar refractivity (Wildman–Crippen MR) is 70.4 cm³/mol. The molecule has 7 nitrogen and oxygen atoms in total. The molecule has 1 aromatic rings. The van der Waals surface area contributed by atoms with Gasteiger partial charge in [-0.15, -0.1) is 0 Å². The van der Waals surface area contributed by atoms with Crippen LogP contribution < -0.4 is 15.4 Å². The quantitative estimate of drug-likeness (QED) is 0.541. The van der Waals surface area contributed by atoms with Crippen molar-refractivity contribution in [2.24, 2.45) is 5.92 Å². The number of nitrogens with one attached hydrogen (secondary N) is 3. The number of benzene rings is 1. The molecule has 0 saturated carbocycles.